The van der Waals surface area contributed by atoms with Crippen LogP contribution < -0.4 is 11.0 Å². The average molecular weight is 312 g/mol. The summed E-state index contributed by atoms with van der Waals surface area (Å²) in [5, 5.41) is 9.42. The molecule has 0 bridgehead atoms. The molecule has 0 unspecified atom stereocenters. The molecule has 1 aliphatic carbocycles. The highest BCUT2D eigenvalue weighted by Crippen LogP contribution is 2.20. The van der Waals surface area contributed by atoms with Crippen molar-refractivity contribution in [1.82, 2.24) is 15.2 Å². The minimum Gasteiger partial charge on any atom is -0.267 e. The summed E-state index contributed by atoms with van der Waals surface area (Å²) >= 11 is 0. The molecule has 2 aromatic rings. The number of hydrazone groups is 1. The fourth-order valence-electron chi connectivity index (χ4n) is 2.98. The summed E-state index contributed by atoms with van der Waals surface area (Å²) in [5.41, 5.74) is 3.64. The molecule has 6 heteroatoms. The monoisotopic (exact) mass is 312 g/mol. The molecular weight excluding hydrogens is 292 g/mol. The Labute approximate surface area is 134 Å². The van der Waals surface area contributed by atoms with E-state index in [1.165, 1.54) is 11.1 Å². The fourth-order valence-corrected chi connectivity index (χ4v) is 2.98. The number of benzene rings is 1. The van der Waals surface area contributed by atoms with Gasteiger partial charge in [-0.2, -0.15) is 10.2 Å². The van der Waals surface area contributed by atoms with E-state index in [0.29, 0.717) is 16.7 Å². The maximum atomic E-state index is 12.5. The van der Waals surface area contributed by atoms with Gasteiger partial charge in [-0.3, -0.25) is 9.59 Å². The Kier molecular flexibility index (Phi) is 4.23. The summed E-state index contributed by atoms with van der Waals surface area (Å²) < 4.78 is 1.19. The molecule has 0 aliphatic heterocycles. The molecule has 1 fully saturated rings. The highest BCUT2D eigenvalue weighted by molar-refractivity contribution is 6.05. The number of nitrogens with zero attached hydrogens (tertiary/aromatic N) is 3. The Hall–Kier alpha value is -2.50. The van der Waals surface area contributed by atoms with E-state index in [4.69, 9.17) is 0 Å². The van der Waals surface area contributed by atoms with Crippen LogP contribution in [0.5, 0.6) is 0 Å². The lowest BCUT2D eigenvalue weighted by Gasteiger charge is -2.19. The van der Waals surface area contributed by atoms with Gasteiger partial charge in [0.2, 0.25) is 0 Å². The summed E-state index contributed by atoms with van der Waals surface area (Å²) in [6, 6.07) is 6.99. The molecule has 1 aliphatic rings. The predicted molar refractivity (Wildman–Crippen MR) is 89.5 cm³/mol. The molecule has 1 atom stereocenters. The number of rotatable bonds is 2. The molecule has 120 valence electrons. The fraction of sp³-hybridized carbons (Fsp3) is 0.412. The van der Waals surface area contributed by atoms with Crippen LogP contribution in [0.2, 0.25) is 0 Å². The van der Waals surface area contributed by atoms with Gasteiger partial charge in [-0.15, -0.1) is 0 Å². The zero-order chi connectivity index (χ0) is 16.4. The SMILES string of the molecule is C[C@H]1CCCC/C1=N/NC(=O)c1nn(C)c(=O)c2ccccc12. The number of nitrogens with one attached hydrogen (secondary N) is 1. The molecule has 0 radical (unpaired) electrons. The first kappa shape index (κ1) is 15.4. The van der Waals surface area contributed by atoms with Gasteiger partial charge in [-0.05, 0) is 31.2 Å². The third-order valence-electron chi connectivity index (χ3n) is 4.36. The van der Waals surface area contributed by atoms with Gasteiger partial charge in [0.25, 0.3) is 11.5 Å². The first-order valence-electron chi connectivity index (χ1n) is 7.91. The summed E-state index contributed by atoms with van der Waals surface area (Å²) in [5.74, 6) is 0.0101. The van der Waals surface area contributed by atoms with Gasteiger partial charge >= 0.3 is 0 Å². The van der Waals surface area contributed by atoms with Gasteiger partial charge in [0.1, 0.15) is 0 Å². The molecule has 1 heterocycles. The lowest BCUT2D eigenvalue weighted by molar-refractivity contribution is 0.0949. The second-order valence-corrected chi connectivity index (χ2v) is 6.01. The maximum absolute atomic E-state index is 12.5. The minimum atomic E-state index is -0.387. The summed E-state index contributed by atoms with van der Waals surface area (Å²) in [6.45, 7) is 2.13. The second kappa shape index (κ2) is 6.32. The average Bonchev–Trinajstić information content (AvgIpc) is 2.57. The van der Waals surface area contributed by atoms with Crippen molar-refractivity contribution in [2.45, 2.75) is 32.6 Å². The van der Waals surface area contributed by atoms with Crippen molar-refractivity contribution in [2.75, 3.05) is 0 Å². The zero-order valence-corrected chi connectivity index (χ0v) is 13.4. The molecule has 1 N–H and O–H groups in total. The molecule has 1 aromatic carbocycles. The molecule has 0 saturated heterocycles. The van der Waals surface area contributed by atoms with Gasteiger partial charge in [-0.25, -0.2) is 10.1 Å². The van der Waals surface area contributed by atoms with Crippen LogP contribution in [-0.2, 0) is 7.05 Å². The maximum Gasteiger partial charge on any atom is 0.292 e. The number of fused-ring (bicyclic) bond motifs is 1. The van der Waals surface area contributed by atoms with Gasteiger partial charge < -0.3 is 0 Å². The van der Waals surface area contributed by atoms with Gasteiger partial charge in [0.15, 0.2) is 5.69 Å². The Balaban J connectivity index is 1.94. The van der Waals surface area contributed by atoms with Crippen LogP contribution in [0, 0.1) is 5.92 Å². The topological polar surface area (TPSA) is 76.3 Å². The number of aromatic nitrogens is 2. The molecule has 1 amide bonds. The normalized spacial score (nSPS) is 19.9. The number of carbonyl (C=O) groups excluding carboxylic acids is 1. The molecule has 1 aromatic heterocycles. The van der Waals surface area contributed by atoms with Crippen LogP contribution >= 0.6 is 0 Å². The van der Waals surface area contributed by atoms with E-state index in [0.717, 1.165) is 25.0 Å². The number of hydrogen-bond donors (Lipinski definition) is 1. The van der Waals surface area contributed by atoms with Crippen molar-refractivity contribution < 1.29 is 4.79 Å². The largest absolute Gasteiger partial charge is 0.292 e. The first-order valence-corrected chi connectivity index (χ1v) is 7.91. The van der Waals surface area contributed by atoms with Gasteiger partial charge in [0.05, 0.1) is 5.39 Å². The van der Waals surface area contributed by atoms with Crippen molar-refractivity contribution in [3.05, 3.63) is 40.3 Å². The molecule has 23 heavy (non-hydrogen) atoms. The number of carbonyl (C=O) groups is 1. The van der Waals surface area contributed by atoms with Gasteiger partial charge in [0, 0.05) is 18.1 Å². The lowest BCUT2D eigenvalue weighted by atomic mass is 9.89. The number of amides is 1. The molecule has 0 spiro atoms. The van der Waals surface area contributed by atoms with E-state index in [9.17, 15) is 9.59 Å². The second-order valence-electron chi connectivity index (χ2n) is 6.01. The smallest absolute Gasteiger partial charge is 0.267 e. The quantitative estimate of drug-likeness (QED) is 0.864. The van der Waals surface area contributed by atoms with Crippen LogP contribution in [0.15, 0.2) is 34.2 Å². The third-order valence-corrected chi connectivity index (χ3v) is 4.36. The van der Waals surface area contributed by atoms with E-state index in [2.05, 4.69) is 22.5 Å². The van der Waals surface area contributed by atoms with Crippen molar-refractivity contribution in [3.8, 4) is 0 Å². The molecule has 3 rings (SSSR count). The highest BCUT2D eigenvalue weighted by atomic mass is 16.2. The predicted octanol–water partition coefficient (Wildman–Crippen LogP) is 2.23. The first-order chi connectivity index (χ1) is 11.1. The van der Waals surface area contributed by atoms with E-state index in [1.54, 1.807) is 31.3 Å². The molecule has 1 saturated carbocycles. The minimum absolute atomic E-state index is 0.218. The lowest BCUT2D eigenvalue weighted by Crippen LogP contribution is -2.28. The van der Waals surface area contributed by atoms with E-state index < -0.39 is 0 Å². The Morgan fingerprint density at radius 3 is 2.78 bits per heavy atom. The van der Waals surface area contributed by atoms with Crippen LogP contribution in [-0.4, -0.2) is 21.4 Å². The van der Waals surface area contributed by atoms with E-state index in [1.807, 2.05) is 0 Å². The highest BCUT2D eigenvalue weighted by Gasteiger charge is 2.18. The number of aryl methyl sites for hydroxylation is 1. The van der Waals surface area contributed by atoms with Crippen molar-refractivity contribution >= 4 is 22.4 Å². The van der Waals surface area contributed by atoms with Gasteiger partial charge in [-0.1, -0.05) is 31.5 Å². The van der Waals surface area contributed by atoms with E-state index in [-0.39, 0.29) is 17.2 Å². The Morgan fingerprint density at radius 2 is 2.04 bits per heavy atom. The van der Waals surface area contributed by atoms with Crippen molar-refractivity contribution in [3.63, 3.8) is 0 Å². The van der Waals surface area contributed by atoms with Crippen molar-refractivity contribution in [2.24, 2.45) is 18.1 Å². The van der Waals surface area contributed by atoms with Crippen LogP contribution in [0.1, 0.15) is 43.1 Å². The van der Waals surface area contributed by atoms with Crippen LogP contribution in [0.25, 0.3) is 10.8 Å². The van der Waals surface area contributed by atoms with Crippen LogP contribution in [0.4, 0.5) is 0 Å². The summed E-state index contributed by atoms with van der Waals surface area (Å²) in [6.07, 6.45) is 4.35. The zero-order valence-electron chi connectivity index (χ0n) is 13.4. The van der Waals surface area contributed by atoms with E-state index >= 15 is 0 Å². The van der Waals surface area contributed by atoms with Crippen molar-refractivity contribution in [1.29, 1.82) is 0 Å². The third kappa shape index (κ3) is 3.02. The summed E-state index contributed by atoms with van der Waals surface area (Å²) in [4.78, 5) is 24.6. The molecule has 6 nitrogen and oxygen atoms in total. The van der Waals surface area contributed by atoms with Crippen LogP contribution in [0.3, 0.4) is 0 Å². The Bertz CT molecular complexity index is 838. The summed E-state index contributed by atoms with van der Waals surface area (Å²) in [7, 11) is 1.54. The standard InChI is InChI=1S/C17H20N4O2/c1-11-7-3-6-10-14(11)18-19-16(22)15-12-8-4-5-9-13(12)17(23)21(2)20-15/h4-5,8-9,11H,3,6-7,10H2,1-2H3,(H,19,22)/b18-14-/t11-/m0/s1. The number of hydrogen-bond acceptors (Lipinski definition) is 4. The molecular formula is C17H20N4O2. The Morgan fingerprint density at radius 1 is 1.30 bits per heavy atom.